The number of anilines is 1. The average molecular weight is 452 g/mol. The minimum atomic E-state index is -3.40. The van der Waals surface area contributed by atoms with Crippen molar-refractivity contribution in [2.24, 2.45) is 4.40 Å². The third-order valence-electron chi connectivity index (χ3n) is 4.64. The highest BCUT2D eigenvalue weighted by molar-refractivity contribution is 7.92. The number of nitrogens with zero attached hydrogens (tertiary/aromatic N) is 2. The van der Waals surface area contributed by atoms with Gasteiger partial charge >= 0.3 is 0 Å². The lowest BCUT2D eigenvalue weighted by molar-refractivity contribution is 0.103. The molecule has 0 atom stereocenters. The van der Waals surface area contributed by atoms with Gasteiger partial charge in [0.05, 0.1) is 17.7 Å². The number of aromatic nitrogens is 2. The van der Waals surface area contributed by atoms with Crippen LogP contribution in [0.2, 0.25) is 0 Å². The van der Waals surface area contributed by atoms with Crippen molar-refractivity contribution in [3.8, 4) is 11.1 Å². The Balaban J connectivity index is 1.74. The maximum Gasteiger partial charge on any atom is 0.229 e. The number of aromatic amines is 1. The number of hydrogen-bond acceptors (Lipinski definition) is 7. The van der Waals surface area contributed by atoms with Crippen LogP contribution in [-0.2, 0) is 10.0 Å². The maximum atomic E-state index is 13.1. The molecule has 2 heterocycles. The van der Waals surface area contributed by atoms with E-state index in [1.54, 1.807) is 36.7 Å². The van der Waals surface area contributed by atoms with E-state index in [9.17, 15) is 13.2 Å². The zero-order chi connectivity index (χ0) is 22.2. The Kier molecular flexibility index (Phi) is 5.34. The molecule has 0 radical (unpaired) electrons. The first-order chi connectivity index (χ1) is 14.7. The normalized spacial score (nSPS) is 15.4. The second-order valence-corrected chi connectivity index (χ2v) is 8.89. The molecule has 0 saturated heterocycles. The molecule has 0 amide bonds. The molecule has 0 aliphatic heterocycles. The lowest BCUT2D eigenvalue weighted by atomic mass is 9.96. The number of carbonyl (C=O) groups is 1. The van der Waals surface area contributed by atoms with Crippen LogP contribution < -0.4 is 4.72 Å². The van der Waals surface area contributed by atoms with Gasteiger partial charge in [-0.3, -0.25) is 14.9 Å². The summed E-state index contributed by atoms with van der Waals surface area (Å²) in [6, 6.07) is 8.75. The van der Waals surface area contributed by atoms with Crippen LogP contribution >= 0.6 is 12.8 Å². The summed E-state index contributed by atoms with van der Waals surface area (Å²) in [6.45, 7) is 0. The molecule has 0 bridgehead atoms. The molecule has 0 spiro atoms. The summed E-state index contributed by atoms with van der Waals surface area (Å²) >= 11 is 3.85. The summed E-state index contributed by atoms with van der Waals surface area (Å²) in [4.78, 5) is 20.5. The highest BCUT2D eigenvalue weighted by Gasteiger charge is 2.20. The number of carbonyl (C=O) groups excluding carboxylic acids is 1. The Hall–Kier alpha value is -3.50. The Morgan fingerprint density at radius 2 is 2.03 bits per heavy atom. The minimum Gasteiger partial charge on any atom is -0.345 e. The number of benzene rings is 1. The van der Waals surface area contributed by atoms with Crippen LogP contribution in [0.5, 0.6) is 0 Å². The van der Waals surface area contributed by atoms with Crippen molar-refractivity contribution in [3.05, 3.63) is 72.1 Å². The molecule has 1 aliphatic rings. The first-order valence-corrected chi connectivity index (χ1v) is 11.3. The second-order valence-electron chi connectivity index (χ2n) is 6.94. The van der Waals surface area contributed by atoms with Crippen LogP contribution in [-0.4, -0.2) is 41.8 Å². The Labute approximate surface area is 183 Å². The topological polar surface area (TPSA) is 128 Å². The van der Waals surface area contributed by atoms with Crippen LogP contribution in [0.3, 0.4) is 0 Å². The van der Waals surface area contributed by atoms with Gasteiger partial charge in [0.1, 0.15) is 5.65 Å². The largest absolute Gasteiger partial charge is 0.345 e. The molecular weight excluding hydrogens is 434 g/mol. The molecule has 0 unspecified atom stereocenters. The summed E-state index contributed by atoms with van der Waals surface area (Å²) in [6.07, 6.45) is 8.93. The van der Waals surface area contributed by atoms with Gasteiger partial charge in [0.2, 0.25) is 10.0 Å². The molecule has 2 aromatic heterocycles. The lowest BCUT2D eigenvalue weighted by Crippen LogP contribution is -2.14. The molecule has 0 saturated carbocycles. The third-order valence-corrected chi connectivity index (χ3v) is 5.46. The number of fused-ring (bicyclic) bond motifs is 1. The predicted molar refractivity (Wildman–Crippen MR) is 126 cm³/mol. The minimum absolute atomic E-state index is 0.178. The second kappa shape index (κ2) is 7.97. The molecule has 4 rings (SSSR count). The smallest absolute Gasteiger partial charge is 0.229 e. The zero-order valence-electron chi connectivity index (χ0n) is 16.2. The molecule has 3 aromatic rings. The van der Waals surface area contributed by atoms with Crippen molar-refractivity contribution in [2.75, 3.05) is 11.0 Å². The van der Waals surface area contributed by atoms with Crippen LogP contribution in [0.15, 0.2) is 70.9 Å². The van der Waals surface area contributed by atoms with Gasteiger partial charge in [0.25, 0.3) is 0 Å². The maximum absolute atomic E-state index is 13.1. The third kappa shape index (κ3) is 4.35. The van der Waals surface area contributed by atoms with E-state index in [-0.39, 0.29) is 11.5 Å². The first kappa shape index (κ1) is 20.8. The number of hydrogen-bond donors (Lipinski definition) is 4. The Morgan fingerprint density at radius 1 is 1.23 bits per heavy atom. The average Bonchev–Trinajstić information content (AvgIpc) is 3.16. The summed E-state index contributed by atoms with van der Waals surface area (Å²) in [5.74, 6) is -0.240. The fourth-order valence-electron chi connectivity index (χ4n) is 3.24. The van der Waals surface area contributed by atoms with Crippen molar-refractivity contribution in [3.63, 3.8) is 0 Å². The number of Topliss-reactive ketones (excluding diaryl/α,β-unsaturated/α-hetero) is 1. The van der Waals surface area contributed by atoms with Gasteiger partial charge in [-0.25, -0.2) is 17.8 Å². The van der Waals surface area contributed by atoms with Crippen molar-refractivity contribution < 1.29 is 13.2 Å². The van der Waals surface area contributed by atoms with E-state index in [2.05, 4.69) is 31.9 Å². The Bertz CT molecular complexity index is 1430. The fourth-order valence-corrected chi connectivity index (χ4v) is 3.96. The van der Waals surface area contributed by atoms with Crippen molar-refractivity contribution in [1.82, 2.24) is 9.97 Å². The summed E-state index contributed by atoms with van der Waals surface area (Å²) in [5, 5.41) is 8.42. The summed E-state index contributed by atoms with van der Waals surface area (Å²) in [5.41, 5.74) is 3.76. The molecule has 156 valence electrons. The molecular formula is C21H17N5O3S2. The number of rotatable bonds is 5. The molecule has 10 heteroatoms. The quantitative estimate of drug-likeness (QED) is 0.268. The highest BCUT2D eigenvalue weighted by atomic mass is 32.2. The fraction of sp³-hybridized carbons (Fsp3) is 0.0476. The molecule has 8 nitrogen and oxygen atoms in total. The van der Waals surface area contributed by atoms with Gasteiger partial charge in [0.15, 0.2) is 5.78 Å². The van der Waals surface area contributed by atoms with Gasteiger partial charge in [-0.05, 0) is 54.8 Å². The summed E-state index contributed by atoms with van der Waals surface area (Å²) in [7, 11) is -3.40. The van der Waals surface area contributed by atoms with E-state index in [1.807, 2.05) is 12.1 Å². The van der Waals surface area contributed by atoms with Crippen LogP contribution in [0.25, 0.3) is 22.2 Å². The van der Waals surface area contributed by atoms with Crippen LogP contribution in [0.4, 0.5) is 5.69 Å². The van der Waals surface area contributed by atoms with Crippen molar-refractivity contribution >= 4 is 56.8 Å². The number of H-pyrrole nitrogens is 1. The standard InChI is InChI=1S/C21H17N5O3S2/c1-31(28,29)26-15-4-2-3-12(7-15)14-8-16-17(11-24-21(16)23-10-14)20(27)13-5-6-18(22)19(9-13)25-30/h2-11,22,26,30H,1H3,(H,23,24)/b22-18?,25-19-. The van der Waals surface area contributed by atoms with E-state index in [1.165, 1.54) is 12.2 Å². The number of sulfonamides is 1. The van der Waals surface area contributed by atoms with Gasteiger partial charge in [-0.1, -0.05) is 12.1 Å². The molecule has 31 heavy (non-hydrogen) atoms. The Morgan fingerprint density at radius 3 is 2.77 bits per heavy atom. The SMILES string of the molecule is CS(=O)(=O)Nc1cccc(-c2cnc3[nH]cc(C(=O)C4=C/C(=N/S)C(=N)C=C4)c3c2)c1. The number of allylic oxidation sites excluding steroid dienone is 4. The zero-order valence-corrected chi connectivity index (χ0v) is 18.0. The van der Waals surface area contributed by atoms with E-state index >= 15 is 0 Å². The van der Waals surface area contributed by atoms with Gasteiger partial charge < -0.3 is 4.98 Å². The monoisotopic (exact) mass is 451 g/mol. The van der Waals surface area contributed by atoms with Crippen molar-refractivity contribution in [1.29, 1.82) is 5.41 Å². The number of thiol groups is 1. The highest BCUT2D eigenvalue weighted by Crippen LogP contribution is 2.28. The van der Waals surface area contributed by atoms with E-state index in [0.717, 1.165) is 17.4 Å². The van der Waals surface area contributed by atoms with E-state index < -0.39 is 10.0 Å². The van der Waals surface area contributed by atoms with Gasteiger partial charge in [-0.2, -0.15) is 0 Å². The molecule has 1 aromatic carbocycles. The van der Waals surface area contributed by atoms with E-state index in [4.69, 9.17) is 5.41 Å². The number of nitrogens with one attached hydrogen (secondary N) is 3. The molecule has 0 fully saturated rings. The number of ketones is 1. The molecule has 3 N–H and O–H groups in total. The summed E-state index contributed by atoms with van der Waals surface area (Å²) < 4.78 is 29.2. The van der Waals surface area contributed by atoms with Crippen LogP contribution in [0.1, 0.15) is 10.4 Å². The van der Waals surface area contributed by atoms with Crippen LogP contribution in [0, 0.1) is 5.41 Å². The predicted octanol–water partition coefficient (Wildman–Crippen LogP) is 3.59. The first-order valence-electron chi connectivity index (χ1n) is 9.06. The van der Waals surface area contributed by atoms with Gasteiger partial charge in [-0.15, -0.1) is 0 Å². The molecule has 1 aliphatic carbocycles. The number of pyridine rings is 1. The lowest BCUT2D eigenvalue weighted by Gasteiger charge is -2.09. The van der Waals surface area contributed by atoms with Crippen molar-refractivity contribution in [2.45, 2.75) is 0 Å². The van der Waals surface area contributed by atoms with E-state index in [0.29, 0.717) is 33.6 Å². The van der Waals surface area contributed by atoms with Gasteiger partial charge in [0, 0.05) is 40.2 Å².